The van der Waals surface area contributed by atoms with Crippen molar-refractivity contribution in [2.75, 3.05) is 6.54 Å². The molecule has 6 heteroatoms. The first-order chi connectivity index (χ1) is 11.7. The van der Waals surface area contributed by atoms with Crippen molar-refractivity contribution in [1.82, 2.24) is 4.98 Å². The van der Waals surface area contributed by atoms with E-state index >= 15 is 4.39 Å². The molecule has 0 amide bonds. The summed E-state index contributed by atoms with van der Waals surface area (Å²) in [6.07, 6.45) is 1.63. The van der Waals surface area contributed by atoms with Gasteiger partial charge in [0.1, 0.15) is 17.1 Å². The molecule has 0 bridgehead atoms. The van der Waals surface area contributed by atoms with E-state index in [0.717, 1.165) is 12.8 Å². The zero-order chi connectivity index (χ0) is 18.4. The third kappa shape index (κ3) is 3.29. The standard InChI is InChI=1S/C19H22F2N2O2/c1-18(2,24)14-9-15(19(25,10-22)12-5-6-12)23-17(16(14)21)11-3-7-13(20)8-4-11/h3-4,7-9,12,24-25H,5-6,10,22H2,1-2H3. The summed E-state index contributed by atoms with van der Waals surface area (Å²) in [6, 6.07) is 6.63. The average molecular weight is 348 g/mol. The molecular weight excluding hydrogens is 326 g/mol. The van der Waals surface area contributed by atoms with Crippen LogP contribution in [-0.4, -0.2) is 21.7 Å². The molecule has 134 valence electrons. The maximum absolute atomic E-state index is 15.0. The molecule has 0 aliphatic heterocycles. The number of halogens is 2. The minimum Gasteiger partial charge on any atom is -0.386 e. The number of pyridine rings is 1. The first-order valence-corrected chi connectivity index (χ1v) is 8.29. The van der Waals surface area contributed by atoms with Crippen LogP contribution < -0.4 is 5.73 Å². The molecule has 4 nitrogen and oxygen atoms in total. The van der Waals surface area contributed by atoms with Gasteiger partial charge in [0.15, 0.2) is 5.82 Å². The van der Waals surface area contributed by atoms with E-state index in [-0.39, 0.29) is 29.4 Å². The van der Waals surface area contributed by atoms with Crippen LogP contribution in [0, 0.1) is 17.6 Å². The lowest BCUT2D eigenvalue weighted by molar-refractivity contribution is 0.0169. The summed E-state index contributed by atoms with van der Waals surface area (Å²) in [7, 11) is 0. The van der Waals surface area contributed by atoms with Gasteiger partial charge in [0.2, 0.25) is 0 Å². The van der Waals surface area contributed by atoms with Crippen LogP contribution in [0.15, 0.2) is 30.3 Å². The fourth-order valence-corrected chi connectivity index (χ4v) is 3.04. The van der Waals surface area contributed by atoms with Crippen LogP contribution in [-0.2, 0) is 11.2 Å². The highest BCUT2D eigenvalue weighted by Gasteiger charge is 2.46. The molecule has 1 fully saturated rings. The van der Waals surface area contributed by atoms with E-state index in [1.54, 1.807) is 0 Å². The van der Waals surface area contributed by atoms with E-state index in [4.69, 9.17) is 5.73 Å². The van der Waals surface area contributed by atoms with Crippen LogP contribution in [0.3, 0.4) is 0 Å². The number of aliphatic hydroxyl groups is 2. The number of hydrogen-bond donors (Lipinski definition) is 3. The van der Waals surface area contributed by atoms with Gasteiger partial charge in [0, 0.05) is 17.7 Å². The Morgan fingerprint density at radius 3 is 2.24 bits per heavy atom. The molecule has 4 N–H and O–H groups in total. The summed E-state index contributed by atoms with van der Waals surface area (Å²) >= 11 is 0. The van der Waals surface area contributed by atoms with Crippen LogP contribution in [0.5, 0.6) is 0 Å². The lowest BCUT2D eigenvalue weighted by Crippen LogP contribution is -2.38. The topological polar surface area (TPSA) is 79.4 Å². The molecule has 1 unspecified atom stereocenters. The van der Waals surface area contributed by atoms with E-state index in [9.17, 15) is 14.6 Å². The number of hydrogen-bond acceptors (Lipinski definition) is 4. The largest absolute Gasteiger partial charge is 0.386 e. The van der Waals surface area contributed by atoms with Crippen molar-refractivity contribution in [1.29, 1.82) is 0 Å². The third-order valence-corrected chi connectivity index (χ3v) is 4.74. The monoisotopic (exact) mass is 348 g/mol. The fourth-order valence-electron chi connectivity index (χ4n) is 3.04. The van der Waals surface area contributed by atoms with Gasteiger partial charge in [-0.2, -0.15) is 0 Å². The summed E-state index contributed by atoms with van der Waals surface area (Å²) in [5.41, 5.74) is 3.51. The van der Waals surface area contributed by atoms with Gasteiger partial charge < -0.3 is 15.9 Å². The predicted octanol–water partition coefficient (Wildman–Crippen LogP) is 2.81. The quantitative estimate of drug-likeness (QED) is 0.776. The molecule has 1 heterocycles. The van der Waals surface area contributed by atoms with Gasteiger partial charge in [-0.15, -0.1) is 0 Å². The molecular formula is C19H22F2N2O2. The van der Waals surface area contributed by atoms with Gasteiger partial charge in [-0.1, -0.05) is 0 Å². The van der Waals surface area contributed by atoms with E-state index in [1.807, 2.05) is 0 Å². The molecule has 1 aliphatic carbocycles. The second-order valence-corrected chi connectivity index (χ2v) is 7.19. The second-order valence-electron chi connectivity index (χ2n) is 7.19. The highest BCUT2D eigenvalue weighted by molar-refractivity contribution is 5.62. The maximum Gasteiger partial charge on any atom is 0.155 e. The Kier molecular flexibility index (Phi) is 4.39. The summed E-state index contributed by atoms with van der Waals surface area (Å²) in [5, 5.41) is 21.3. The maximum atomic E-state index is 15.0. The van der Waals surface area contributed by atoms with Crippen molar-refractivity contribution in [2.45, 2.75) is 37.9 Å². The zero-order valence-corrected chi connectivity index (χ0v) is 14.3. The Labute approximate surface area is 145 Å². The summed E-state index contributed by atoms with van der Waals surface area (Å²) in [5.74, 6) is -1.18. The minimum atomic E-state index is -1.48. The average Bonchev–Trinajstić information content (AvgIpc) is 3.39. The van der Waals surface area contributed by atoms with Gasteiger partial charge >= 0.3 is 0 Å². The molecule has 1 aliphatic rings. The first-order valence-electron chi connectivity index (χ1n) is 8.29. The lowest BCUT2D eigenvalue weighted by Gasteiger charge is -2.29. The number of aromatic nitrogens is 1. The summed E-state index contributed by atoms with van der Waals surface area (Å²) in [4.78, 5) is 4.31. The van der Waals surface area contributed by atoms with E-state index in [1.165, 1.54) is 44.2 Å². The lowest BCUT2D eigenvalue weighted by atomic mass is 9.88. The van der Waals surface area contributed by atoms with Crippen molar-refractivity contribution >= 4 is 0 Å². The van der Waals surface area contributed by atoms with Gasteiger partial charge in [-0.25, -0.2) is 13.8 Å². The number of nitrogens with zero attached hydrogens (tertiary/aromatic N) is 1. The van der Waals surface area contributed by atoms with Crippen LogP contribution in [0.1, 0.15) is 37.9 Å². The van der Waals surface area contributed by atoms with Crippen LogP contribution in [0.2, 0.25) is 0 Å². The predicted molar refractivity (Wildman–Crippen MR) is 90.5 cm³/mol. The van der Waals surface area contributed by atoms with Crippen LogP contribution in [0.25, 0.3) is 11.3 Å². The molecule has 1 atom stereocenters. The van der Waals surface area contributed by atoms with Crippen molar-refractivity contribution in [2.24, 2.45) is 11.7 Å². The van der Waals surface area contributed by atoms with Gasteiger partial charge in [0.25, 0.3) is 0 Å². The SMILES string of the molecule is CC(C)(O)c1cc(C(O)(CN)C2CC2)nc(-c2ccc(F)cc2)c1F. The van der Waals surface area contributed by atoms with Crippen molar-refractivity contribution in [3.63, 3.8) is 0 Å². The Hall–Kier alpha value is -1.89. The normalized spacial score (nSPS) is 17.4. The van der Waals surface area contributed by atoms with Gasteiger partial charge in [-0.3, -0.25) is 0 Å². The molecule has 3 rings (SSSR count). The van der Waals surface area contributed by atoms with E-state index in [0.29, 0.717) is 5.56 Å². The molecule has 1 aromatic heterocycles. The van der Waals surface area contributed by atoms with E-state index < -0.39 is 22.8 Å². The minimum absolute atomic E-state index is 0.0179. The molecule has 0 radical (unpaired) electrons. The summed E-state index contributed by atoms with van der Waals surface area (Å²) in [6.45, 7) is 2.87. The van der Waals surface area contributed by atoms with Gasteiger partial charge in [0.05, 0.1) is 11.3 Å². The number of rotatable bonds is 5. The fraction of sp³-hybridized carbons (Fsp3) is 0.421. The number of nitrogens with two attached hydrogens (primary N) is 1. The smallest absolute Gasteiger partial charge is 0.155 e. The molecule has 1 saturated carbocycles. The van der Waals surface area contributed by atoms with Crippen molar-refractivity contribution in [3.05, 3.63) is 53.2 Å². The molecule has 25 heavy (non-hydrogen) atoms. The first kappa shape index (κ1) is 17.9. The number of benzene rings is 1. The highest BCUT2D eigenvalue weighted by atomic mass is 19.1. The summed E-state index contributed by atoms with van der Waals surface area (Å²) < 4.78 is 28.2. The van der Waals surface area contributed by atoms with E-state index in [2.05, 4.69) is 4.98 Å². The third-order valence-electron chi connectivity index (χ3n) is 4.74. The van der Waals surface area contributed by atoms with Crippen molar-refractivity contribution in [3.8, 4) is 11.3 Å². The Morgan fingerprint density at radius 1 is 1.16 bits per heavy atom. The Morgan fingerprint density at radius 2 is 1.76 bits per heavy atom. The highest BCUT2D eigenvalue weighted by Crippen LogP contribution is 2.46. The van der Waals surface area contributed by atoms with Crippen molar-refractivity contribution < 1.29 is 19.0 Å². The Balaban J connectivity index is 2.23. The van der Waals surface area contributed by atoms with Crippen LogP contribution >= 0.6 is 0 Å². The van der Waals surface area contributed by atoms with Crippen LogP contribution in [0.4, 0.5) is 8.78 Å². The molecule has 2 aromatic rings. The van der Waals surface area contributed by atoms with Gasteiger partial charge in [-0.05, 0) is 62.9 Å². The molecule has 1 aromatic carbocycles. The molecule has 0 saturated heterocycles. The Bertz CT molecular complexity index is 783. The molecule has 0 spiro atoms. The zero-order valence-electron chi connectivity index (χ0n) is 14.3. The second kappa shape index (κ2) is 6.12.